The topological polar surface area (TPSA) is 61.9 Å². The van der Waals surface area contributed by atoms with Crippen LogP contribution in [-0.4, -0.2) is 15.2 Å². The fraction of sp³-hybridized carbons (Fsp3) is 0.250. The minimum absolute atomic E-state index is 0.223. The number of hydrogen-bond donors (Lipinski definition) is 1. The van der Waals surface area contributed by atoms with Crippen molar-refractivity contribution < 1.29 is 13.2 Å². The number of halogens is 3. The number of H-pyrrole nitrogens is 1. The maximum atomic E-state index is 13.0. The maximum Gasteiger partial charge on any atom is 0.423 e. The third-order valence-corrected chi connectivity index (χ3v) is 3.15. The number of aromatic amines is 1. The molecule has 0 bridgehead atoms. The van der Waals surface area contributed by atoms with Crippen molar-refractivity contribution in [1.82, 2.24) is 15.2 Å². The summed E-state index contributed by atoms with van der Waals surface area (Å²) in [5.41, 5.74) is -1.12. The zero-order valence-corrected chi connectivity index (χ0v) is 10.1. The molecule has 5 nitrogen and oxygen atoms in total. The summed E-state index contributed by atoms with van der Waals surface area (Å²) < 4.78 is 39.0. The minimum atomic E-state index is -4.73. The van der Waals surface area contributed by atoms with E-state index in [1.807, 2.05) is 5.10 Å². The van der Waals surface area contributed by atoms with Crippen molar-refractivity contribution in [3.05, 3.63) is 51.7 Å². The summed E-state index contributed by atoms with van der Waals surface area (Å²) in [4.78, 5) is 17.0. The van der Waals surface area contributed by atoms with E-state index < -0.39 is 17.3 Å². The van der Waals surface area contributed by atoms with Crippen molar-refractivity contribution in [2.75, 3.05) is 4.90 Å². The molecule has 0 saturated carbocycles. The second-order valence-electron chi connectivity index (χ2n) is 4.42. The molecule has 8 heteroatoms. The largest absolute Gasteiger partial charge is 0.423 e. The van der Waals surface area contributed by atoms with Crippen LogP contribution in [0.15, 0.2) is 29.3 Å². The van der Waals surface area contributed by atoms with Crippen LogP contribution in [0.3, 0.4) is 0 Å². The molecule has 3 heterocycles. The van der Waals surface area contributed by atoms with E-state index >= 15 is 0 Å². The summed E-state index contributed by atoms with van der Waals surface area (Å²) in [6.07, 6.45) is -2.12. The lowest BCUT2D eigenvalue weighted by Gasteiger charge is -2.20. The molecule has 2 aromatic heterocycles. The Balaban J connectivity index is 2.06. The lowest BCUT2D eigenvalue weighted by molar-refractivity contribution is -0.138. The second-order valence-corrected chi connectivity index (χ2v) is 4.42. The van der Waals surface area contributed by atoms with E-state index in [4.69, 9.17) is 0 Å². The predicted molar refractivity (Wildman–Crippen MR) is 64.0 cm³/mol. The number of aromatic nitrogens is 3. The monoisotopic (exact) mass is 282 g/mol. The molecular formula is C12H9F3N4O. The second kappa shape index (κ2) is 4.32. The molecule has 0 aliphatic carbocycles. The molecule has 0 spiro atoms. The van der Waals surface area contributed by atoms with E-state index in [9.17, 15) is 18.0 Å². The molecule has 3 rings (SSSR count). The summed E-state index contributed by atoms with van der Waals surface area (Å²) in [6.45, 7) is 0.502. The van der Waals surface area contributed by atoms with Gasteiger partial charge in [-0.2, -0.15) is 18.3 Å². The SMILES string of the molecule is O=c1[nH]ncc(N2Cc3cccnc3C2)c1C(F)(F)F. The highest BCUT2D eigenvalue weighted by Gasteiger charge is 2.39. The molecular weight excluding hydrogens is 273 g/mol. The fourth-order valence-corrected chi connectivity index (χ4v) is 2.27. The Hall–Kier alpha value is -2.38. The van der Waals surface area contributed by atoms with Crippen molar-refractivity contribution in [1.29, 1.82) is 0 Å². The highest BCUT2D eigenvalue weighted by atomic mass is 19.4. The molecule has 20 heavy (non-hydrogen) atoms. The first-order valence-corrected chi connectivity index (χ1v) is 5.79. The fourth-order valence-electron chi connectivity index (χ4n) is 2.27. The van der Waals surface area contributed by atoms with Gasteiger partial charge >= 0.3 is 6.18 Å². The van der Waals surface area contributed by atoms with E-state index in [2.05, 4.69) is 10.1 Å². The van der Waals surface area contributed by atoms with Crippen LogP contribution in [0.2, 0.25) is 0 Å². The Morgan fingerprint density at radius 1 is 1.30 bits per heavy atom. The highest BCUT2D eigenvalue weighted by Crippen LogP contribution is 2.36. The molecule has 0 aromatic carbocycles. The summed E-state index contributed by atoms with van der Waals surface area (Å²) in [5, 5.41) is 5.29. The van der Waals surface area contributed by atoms with Gasteiger partial charge in [-0.3, -0.25) is 9.78 Å². The molecule has 0 fully saturated rings. The number of rotatable bonds is 1. The third kappa shape index (κ3) is 2.02. The Morgan fingerprint density at radius 2 is 2.10 bits per heavy atom. The Morgan fingerprint density at radius 3 is 2.80 bits per heavy atom. The van der Waals surface area contributed by atoms with Crippen LogP contribution in [0.4, 0.5) is 18.9 Å². The molecule has 1 aliphatic rings. The van der Waals surface area contributed by atoms with Crippen LogP contribution in [0.1, 0.15) is 16.8 Å². The molecule has 0 radical (unpaired) electrons. The maximum absolute atomic E-state index is 13.0. The minimum Gasteiger partial charge on any atom is -0.359 e. The van der Waals surface area contributed by atoms with Gasteiger partial charge in [0, 0.05) is 12.7 Å². The number of nitrogens with one attached hydrogen (secondary N) is 1. The van der Waals surface area contributed by atoms with Gasteiger partial charge in [-0.25, -0.2) is 5.10 Å². The normalized spacial score (nSPS) is 14.4. The van der Waals surface area contributed by atoms with Crippen molar-refractivity contribution in [2.24, 2.45) is 0 Å². The van der Waals surface area contributed by atoms with Crippen molar-refractivity contribution in [3.63, 3.8) is 0 Å². The van der Waals surface area contributed by atoms with Crippen LogP contribution in [0.25, 0.3) is 0 Å². The van der Waals surface area contributed by atoms with Gasteiger partial charge in [-0.1, -0.05) is 6.07 Å². The summed E-state index contributed by atoms with van der Waals surface area (Å²) in [5.74, 6) is 0. The number of alkyl halides is 3. The average Bonchev–Trinajstić information content (AvgIpc) is 2.80. The van der Waals surface area contributed by atoms with Gasteiger partial charge in [0.2, 0.25) is 0 Å². The average molecular weight is 282 g/mol. The Kier molecular flexibility index (Phi) is 2.73. The molecule has 0 saturated heterocycles. The van der Waals surface area contributed by atoms with Gasteiger partial charge in [0.15, 0.2) is 0 Å². The van der Waals surface area contributed by atoms with Gasteiger partial charge in [-0.15, -0.1) is 0 Å². The van der Waals surface area contributed by atoms with Crippen LogP contribution in [0, 0.1) is 0 Å². The lowest BCUT2D eigenvalue weighted by Crippen LogP contribution is -2.28. The number of pyridine rings is 1. The summed E-state index contributed by atoms with van der Waals surface area (Å²) in [6, 6.07) is 3.53. The van der Waals surface area contributed by atoms with Gasteiger partial charge < -0.3 is 4.90 Å². The number of fused-ring (bicyclic) bond motifs is 1. The highest BCUT2D eigenvalue weighted by molar-refractivity contribution is 5.55. The first-order chi connectivity index (χ1) is 9.47. The smallest absolute Gasteiger partial charge is 0.359 e. The number of anilines is 1. The van der Waals surface area contributed by atoms with Crippen LogP contribution in [0.5, 0.6) is 0 Å². The molecule has 104 valence electrons. The third-order valence-electron chi connectivity index (χ3n) is 3.15. The van der Waals surface area contributed by atoms with E-state index in [0.29, 0.717) is 5.69 Å². The van der Waals surface area contributed by atoms with E-state index in [0.717, 1.165) is 11.8 Å². The van der Waals surface area contributed by atoms with Gasteiger partial charge in [-0.05, 0) is 11.6 Å². The van der Waals surface area contributed by atoms with Gasteiger partial charge in [0.05, 0.1) is 24.1 Å². The van der Waals surface area contributed by atoms with E-state index in [1.54, 1.807) is 18.3 Å². The molecule has 2 aromatic rings. The summed E-state index contributed by atoms with van der Waals surface area (Å²) in [7, 11) is 0. The molecule has 0 amide bonds. The Bertz CT molecular complexity index is 685. The Labute approximate surface area is 111 Å². The van der Waals surface area contributed by atoms with Gasteiger partial charge in [0.1, 0.15) is 5.56 Å². The zero-order valence-electron chi connectivity index (χ0n) is 10.1. The zero-order chi connectivity index (χ0) is 14.3. The molecule has 0 unspecified atom stereocenters. The first-order valence-electron chi connectivity index (χ1n) is 5.79. The number of hydrogen-bond acceptors (Lipinski definition) is 4. The standard InChI is InChI=1S/C12H9F3N4O/c13-12(14,15)10-9(4-17-18-11(10)20)19-5-7-2-1-3-16-8(7)6-19/h1-4H,5-6H2,(H,18,20). The van der Waals surface area contributed by atoms with Crippen LogP contribution < -0.4 is 10.5 Å². The van der Waals surface area contributed by atoms with Crippen molar-refractivity contribution in [3.8, 4) is 0 Å². The van der Waals surface area contributed by atoms with Crippen molar-refractivity contribution in [2.45, 2.75) is 19.3 Å². The molecule has 1 aliphatic heterocycles. The van der Waals surface area contributed by atoms with Crippen LogP contribution in [-0.2, 0) is 19.3 Å². The lowest BCUT2D eigenvalue weighted by atomic mass is 10.2. The summed E-state index contributed by atoms with van der Waals surface area (Å²) >= 11 is 0. The number of nitrogens with zero attached hydrogens (tertiary/aromatic N) is 3. The first kappa shape index (κ1) is 12.6. The van der Waals surface area contributed by atoms with Crippen molar-refractivity contribution >= 4 is 5.69 Å². The van der Waals surface area contributed by atoms with E-state index in [1.165, 1.54) is 4.90 Å². The van der Waals surface area contributed by atoms with E-state index in [-0.39, 0.29) is 18.8 Å². The van der Waals surface area contributed by atoms with Gasteiger partial charge in [0.25, 0.3) is 5.56 Å². The van der Waals surface area contributed by atoms with Crippen LogP contribution >= 0.6 is 0 Å². The molecule has 1 N–H and O–H groups in total. The molecule has 0 atom stereocenters. The predicted octanol–water partition coefficient (Wildman–Crippen LogP) is 1.70. The quantitative estimate of drug-likeness (QED) is 0.865.